The van der Waals surface area contributed by atoms with Crippen molar-refractivity contribution in [2.24, 2.45) is 0 Å². The van der Waals surface area contributed by atoms with Crippen molar-refractivity contribution in [1.82, 2.24) is 25.1 Å². The van der Waals surface area contributed by atoms with E-state index in [0.29, 0.717) is 12.1 Å². The van der Waals surface area contributed by atoms with Crippen molar-refractivity contribution in [1.29, 1.82) is 0 Å². The highest BCUT2D eigenvalue weighted by molar-refractivity contribution is 5.32. The summed E-state index contributed by atoms with van der Waals surface area (Å²) in [6.45, 7) is 0. The quantitative estimate of drug-likeness (QED) is 0.733. The van der Waals surface area contributed by atoms with Gasteiger partial charge in [0.15, 0.2) is 5.82 Å². The first-order valence-electron chi connectivity index (χ1n) is 10.9. The standard InChI is InChI=1S/C22H33N5O/c1-26(18-9-5-3-6-10-18)21(17-13-15-20(28-2)16-14-17)22-23-24-25-27(22)19-11-7-4-8-12-19/h13-16,18-19,21H,3-12H2,1-2H3. The summed E-state index contributed by atoms with van der Waals surface area (Å²) in [6, 6.07) is 9.52. The first kappa shape index (κ1) is 19.4. The monoisotopic (exact) mass is 383 g/mol. The molecule has 2 aromatic rings. The third-order valence-corrected chi connectivity index (χ3v) is 6.67. The van der Waals surface area contributed by atoms with Crippen molar-refractivity contribution >= 4 is 0 Å². The van der Waals surface area contributed by atoms with E-state index in [1.807, 2.05) is 12.1 Å². The van der Waals surface area contributed by atoms with Crippen molar-refractivity contribution in [3.05, 3.63) is 35.7 Å². The molecule has 0 bridgehead atoms. The van der Waals surface area contributed by atoms with Gasteiger partial charge in [-0.1, -0.05) is 50.7 Å². The van der Waals surface area contributed by atoms with E-state index in [4.69, 9.17) is 4.74 Å². The first-order chi connectivity index (χ1) is 13.8. The third kappa shape index (κ3) is 4.07. The number of hydrogen-bond acceptors (Lipinski definition) is 5. The lowest BCUT2D eigenvalue weighted by molar-refractivity contribution is 0.146. The number of nitrogens with zero attached hydrogens (tertiary/aromatic N) is 5. The summed E-state index contributed by atoms with van der Waals surface area (Å²) in [4.78, 5) is 2.52. The molecule has 2 saturated carbocycles. The largest absolute Gasteiger partial charge is 0.497 e. The van der Waals surface area contributed by atoms with E-state index >= 15 is 0 Å². The van der Waals surface area contributed by atoms with Gasteiger partial charge in [0.2, 0.25) is 0 Å². The zero-order valence-electron chi connectivity index (χ0n) is 17.3. The van der Waals surface area contributed by atoms with Crippen molar-refractivity contribution < 1.29 is 4.74 Å². The summed E-state index contributed by atoms with van der Waals surface area (Å²) in [5.74, 6) is 1.87. The first-order valence-corrected chi connectivity index (χ1v) is 10.9. The predicted molar refractivity (Wildman–Crippen MR) is 109 cm³/mol. The van der Waals surface area contributed by atoms with Crippen LogP contribution in [0, 0.1) is 0 Å². The molecule has 2 aliphatic rings. The van der Waals surface area contributed by atoms with Crippen molar-refractivity contribution in [2.75, 3.05) is 14.2 Å². The van der Waals surface area contributed by atoms with Crippen LogP contribution >= 0.6 is 0 Å². The van der Waals surface area contributed by atoms with Gasteiger partial charge in [-0.05, 0) is 60.9 Å². The van der Waals surface area contributed by atoms with Gasteiger partial charge in [-0.15, -0.1) is 5.10 Å². The normalized spacial score (nSPS) is 20.4. The zero-order valence-corrected chi connectivity index (χ0v) is 17.3. The summed E-state index contributed by atoms with van der Waals surface area (Å²) in [7, 11) is 3.97. The maximum absolute atomic E-state index is 5.38. The van der Waals surface area contributed by atoms with Crippen LogP contribution in [0.15, 0.2) is 24.3 Å². The summed E-state index contributed by atoms with van der Waals surface area (Å²) >= 11 is 0. The number of hydrogen-bond donors (Lipinski definition) is 0. The molecule has 1 aromatic heterocycles. The fourth-order valence-electron chi connectivity index (χ4n) is 5.02. The second kappa shape index (κ2) is 9.03. The second-order valence-corrected chi connectivity index (χ2v) is 8.41. The Hall–Kier alpha value is -1.95. The van der Waals surface area contributed by atoms with Gasteiger partial charge < -0.3 is 4.74 Å². The molecule has 28 heavy (non-hydrogen) atoms. The van der Waals surface area contributed by atoms with Crippen LogP contribution in [0.2, 0.25) is 0 Å². The molecule has 0 N–H and O–H groups in total. The highest BCUT2D eigenvalue weighted by Gasteiger charge is 2.32. The molecule has 0 saturated heterocycles. The molecule has 6 heteroatoms. The lowest BCUT2D eigenvalue weighted by Gasteiger charge is -2.37. The van der Waals surface area contributed by atoms with Crippen LogP contribution in [0.1, 0.15) is 87.7 Å². The van der Waals surface area contributed by atoms with Gasteiger partial charge in [-0.3, -0.25) is 4.90 Å². The van der Waals surface area contributed by atoms with E-state index in [9.17, 15) is 0 Å². The molecule has 1 heterocycles. The molecular weight excluding hydrogens is 350 g/mol. The summed E-state index contributed by atoms with van der Waals surface area (Å²) in [5.41, 5.74) is 1.24. The summed E-state index contributed by atoms with van der Waals surface area (Å²) in [5, 5.41) is 13.1. The van der Waals surface area contributed by atoms with Crippen LogP contribution in [-0.4, -0.2) is 45.3 Å². The van der Waals surface area contributed by atoms with E-state index in [2.05, 4.69) is 44.3 Å². The molecule has 2 aliphatic carbocycles. The molecule has 0 radical (unpaired) electrons. The fourth-order valence-corrected chi connectivity index (χ4v) is 5.02. The number of rotatable bonds is 6. The predicted octanol–water partition coefficient (Wildman–Crippen LogP) is 4.54. The summed E-state index contributed by atoms with van der Waals surface area (Å²) in [6.07, 6.45) is 12.7. The Morgan fingerprint density at radius 2 is 1.61 bits per heavy atom. The van der Waals surface area contributed by atoms with Gasteiger partial charge in [0.25, 0.3) is 0 Å². The molecule has 152 valence electrons. The van der Waals surface area contributed by atoms with Gasteiger partial charge in [0.1, 0.15) is 5.75 Å². The van der Waals surface area contributed by atoms with Gasteiger partial charge in [0.05, 0.1) is 19.2 Å². The Morgan fingerprint density at radius 1 is 0.964 bits per heavy atom. The molecule has 1 atom stereocenters. The molecule has 1 unspecified atom stereocenters. The maximum Gasteiger partial charge on any atom is 0.173 e. The fraction of sp³-hybridized carbons (Fsp3) is 0.682. The van der Waals surface area contributed by atoms with Crippen LogP contribution in [0.4, 0.5) is 0 Å². The maximum atomic E-state index is 5.38. The zero-order chi connectivity index (χ0) is 19.3. The van der Waals surface area contributed by atoms with Crippen LogP contribution < -0.4 is 4.74 Å². The lowest BCUT2D eigenvalue weighted by Crippen LogP contribution is -2.38. The molecule has 4 rings (SSSR count). The Labute approximate surface area is 168 Å². The van der Waals surface area contributed by atoms with Gasteiger partial charge in [-0.2, -0.15) is 0 Å². The molecule has 6 nitrogen and oxygen atoms in total. The van der Waals surface area contributed by atoms with Crippen molar-refractivity contribution in [3.63, 3.8) is 0 Å². The molecule has 1 aromatic carbocycles. The van der Waals surface area contributed by atoms with E-state index in [-0.39, 0.29) is 6.04 Å². The number of benzene rings is 1. The third-order valence-electron chi connectivity index (χ3n) is 6.67. The van der Waals surface area contributed by atoms with Crippen LogP contribution in [0.5, 0.6) is 5.75 Å². The minimum absolute atomic E-state index is 0.0749. The van der Waals surface area contributed by atoms with Gasteiger partial charge >= 0.3 is 0 Å². The van der Waals surface area contributed by atoms with Gasteiger partial charge in [0, 0.05) is 6.04 Å². The van der Waals surface area contributed by atoms with E-state index in [1.165, 1.54) is 69.8 Å². The minimum atomic E-state index is 0.0749. The number of tetrazole rings is 1. The lowest BCUT2D eigenvalue weighted by atomic mass is 9.91. The molecule has 0 amide bonds. The highest BCUT2D eigenvalue weighted by atomic mass is 16.5. The van der Waals surface area contributed by atoms with E-state index in [0.717, 1.165) is 11.6 Å². The Bertz CT molecular complexity index is 732. The molecular formula is C22H33N5O. The van der Waals surface area contributed by atoms with E-state index < -0.39 is 0 Å². The molecule has 2 fully saturated rings. The average Bonchev–Trinajstić information content (AvgIpc) is 3.25. The number of methoxy groups -OCH3 is 1. The SMILES string of the molecule is COc1ccc(C(c2nnnn2C2CCCCC2)N(C)C2CCCCC2)cc1. The molecule has 0 spiro atoms. The van der Waals surface area contributed by atoms with Crippen LogP contribution in [0.3, 0.4) is 0 Å². The van der Waals surface area contributed by atoms with E-state index in [1.54, 1.807) is 7.11 Å². The minimum Gasteiger partial charge on any atom is -0.497 e. The number of aromatic nitrogens is 4. The Kier molecular flexibility index (Phi) is 6.25. The highest BCUT2D eigenvalue weighted by Crippen LogP contribution is 2.36. The van der Waals surface area contributed by atoms with Gasteiger partial charge in [-0.25, -0.2) is 4.68 Å². The summed E-state index contributed by atoms with van der Waals surface area (Å²) < 4.78 is 7.51. The topological polar surface area (TPSA) is 56.1 Å². The average molecular weight is 384 g/mol. The van der Waals surface area contributed by atoms with Crippen LogP contribution in [0.25, 0.3) is 0 Å². The number of ether oxygens (including phenoxy) is 1. The smallest absolute Gasteiger partial charge is 0.173 e. The Balaban J connectivity index is 1.69. The Morgan fingerprint density at radius 3 is 2.25 bits per heavy atom. The molecule has 0 aliphatic heterocycles. The van der Waals surface area contributed by atoms with Crippen molar-refractivity contribution in [2.45, 2.75) is 82.3 Å². The van der Waals surface area contributed by atoms with Crippen molar-refractivity contribution in [3.8, 4) is 5.75 Å². The second-order valence-electron chi connectivity index (χ2n) is 8.41. The van der Waals surface area contributed by atoms with Crippen LogP contribution in [-0.2, 0) is 0 Å².